The van der Waals surface area contributed by atoms with Gasteiger partial charge in [-0.15, -0.1) is 5.23 Å². The number of carbonyl (C=O) groups excluding carboxylic acids is 1. The average Bonchev–Trinajstić information content (AvgIpc) is 2.83. The molecular formula is C19H27N2O14-. The lowest BCUT2D eigenvalue weighted by Gasteiger charge is -2.46. The lowest BCUT2D eigenvalue weighted by atomic mass is 9.96. The van der Waals surface area contributed by atoms with Crippen molar-refractivity contribution in [2.75, 3.05) is 23.8 Å². The van der Waals surface area contributed by atoms with Crippen LogP contribution in [0.2, 0.25) is 0 Å². The Morgan fingerprint density at radius 3 is 2.14 bits per heavy atom. The zero-order chi connectivity index (χ0) is 26.0. The summed E-state index contributed by atoms with van der Waals surface area (Å²) in [6, 6.07) is 2.98. The van der Waals surface area contributed by atoms with Crippen molar-refractivity contribution in [1.29, 1.82) is 0 Å². The van der Waals surface area contributed by atoms with Crippen LogP contribution in [-0.4, -0.2) is 127 Å². The third-order valence-corrected chi connectivity index (χ3v) is 5.70. The van der Waals surface area contributed by atoms with Crippen molar-refractivity contribution >= 4 is 17.3 Å². The molecule has 10 N–H and O–H groups in total. The number of benzene rings is 1. The molecule has 3 rings (SSSR count). The van der Waals surface area contributed by atoms with Gasteiger partial charge >= 0.3 is 0 Å². The minimum absolute atomic E-state index is 0.101. The molecule has 0 radical (unpaired) electrons. The van der Waals surface area contributed by atoms with Crippen molar-refractivity contribution < 1.29 is 70.3 Å². The summed E-state index contributed by atoms with van der Waals surface area (Å²) >= 11 is 0. The second-order valence-corrected chi connectivity index (χ2v) is 8.05. The Labute approximate surface area is 197 Å². The normalized spacial score (nSPS) is 37.6. The summed E-state index contributed by atoms with van der Waals surface area (Å²) in [5, 5.41) is 102. The van der Waals surface area contributed by atoms with E-state index in [1.54, 1.807) is 0 Å². The van der Waals surface area contributed by atoms with E-state index in [0.29, 0.717) is 0 Å². The van der Waals surface area contributed by atoms with Crippen molar-refractivity contribution in [3.8, 4) is 0 Å². The summed E-state index contributed by atoms with van der Waals surface area (Å²) in [6.45, 7) is -1.52. The molecule has 16 heteroatoms. The van der Waals surface area contributed by atoms with E-state index in [0.717, 1.165) is 18.2 Å². The number of aliphatic hydroxyl groups excluding tert-OH is 7. The maximum Gasteiger partial charge on any atom is 0.187 e. The highest BCUT2D eigenvalue weighted by Gasteiger charge is 2.50. The highest BCUT2D eigenvalue weighted by Crippen LogP contribution is 2.30. The van der Waals surface area contributed by atoms with Gasteiger partial charge < -0.3 is 65.2 Å². The molecule has 0 aliphatic carbocycles. The number of hydrogen-bond acceptors (Lipinski definition) is 16. The van der Waals surface area contributed by atoms with E-state index in [-0.39, 0.29) is 16.6 Å². The molecule has 0 saturated carbocycles. The molecule has 2 saturated heterocycles. The van der Waals surface area contributed by atoms with Gasteiger partial charge in [0, 0.05) is 11.3 Å². The number of carboxylic acid groups (broad SMARTS) is 1. The number of anilines is 2. The maximum atomic E-state index is 11.2. The Morgan fingerprint density at radius 2 is 1.57 bits per heavy atom. The smallest absolute Gasteiger partial charge is 0.187 e. The van der Waals surface area contributed by atoms with Crippen molar-refractivity contribution in [1.82, 2.24) is 0 Å². The highest BCUT2D eigenvalue weighted by molar-refractivity contribution is 5.88. The third kappa shape index (κ3) is 5.80. The Morgan fingerprint density at radius 1 is 0.914 bits per heavy atom. The molecule has 1 aromatic rings. The molecule has 0 bridgehead atoms. The molecule has 0 unspecified atom stereocenters. The van der Waals surface area contributed by atoms with Gasteiger partial charge in [0.15, 0.2) is 12.5 Å². The summed E-state index contributed by atoms with van der Waals surface area (Å²) in [6.07, 6.45) is -16.2. The second-order valence-electron chi connectivity index (χ2n) is 8.05. The predicted octanol–water partition coefficient (Wildman–Crippen LogP) is -5.33. The maximum absolute atomic E-state index is 11.2. The molecule has 16 nitrogen and oxygen atoms in total. The summed E-state index contributed by atoms with van der Waals surface area (Å²) in [7, 11) is 0. The predicted molar refractivity (Wildman–Crippen MR) is 107 cm³/mol. The average molecular weight is 507 g/mol. The van der Waals surface area contributed by atoms with Gasteiger partial charge in [0.05, 0.1) is 24.9 Å². The monoisotopic (exact) mass is 507 g/mol. The Balaban J connectivity index is 1.77. The zero-order valence-corrected chi connectivity index (χ0v) is 17.9. The van der Waals surface area contributed by atoms with Crippen molar-refractivity contribution in [3.63, 3.8) is 0 Å². The first kappa shape index (κ1) is 27.4. The van der Waals surface area contributed by atoms with Gasteiger partial charge in [0.1, 0.15) is 48.8 Å². The molecule has 2 aliphatic heterocycles. The van der Waals surface area contributed by atoms with Gasteiger partial charge in [-0.05, 0) is 18.2 Å². The molecule has 198 valence electrons. The summed E-state index contributed by atoms with van der Waals surface area (Å²) in [5.74, 6) is -1.65. The van der Waals surface area contributed by atoms with Crippen LogP contribution in [0, 0.1) is 0 Å². The van der Waals surface area contributed by atoms with Crippen molar-refractivity contribution in [3.05, 3.63) is 23.8 Å². The number of nitrogens with zero attached hydrogens (tertiary/aromatic N) is 1. The van der Waals surface area contributed by atoms with Crippen LogP contribution in [0.4, 0.5) is 11.4 Å². The number of carbonyl (C=O) groups is 1. The molecule has 0 aromatic heterocycles. The lowest BCUT2D eigenvalue weighted by molar-refractivity contribution is -0.340. The Kier molecular flexibility index (Phi) is 8.81. The van der Waals surface area contributed by atoms with E-state index < -0.39 is 86.1 Å². The number of aliphatic hydroxyl groups is 7. The standard InChI is InChI=1S/C19H28N2O14/c22-4-9-11(24)12(25)15(28)19(34-9)35-16-10(5-23)33-17(14(27)13(16)26)20-7-1-6(18(29)30)2-8(3-7)21(31)32/h1-3,9-17,19-20,22-28,31-32H,4-5H2,(H,29,30)/p-1/t9-,10-,11+,12+,13-,14-,15+,16+,17+,19-/m0/s1. The number of carboxylic acids is 1. The van der Waals surface area contributed by atoms with Crippen molar-refractivity contribution in [2.45, 2.75) is 61.3 Å². The van der Waals surface area contributed by atoms with E-state index in [4.69, 9.17) is 14.2 Å². The van der Waals surface area contributed by atoms with Crippen LogP contribution in [0.3, 0.4) is 0 Å². The van der Waals surface area contributed by atoms with Gasteiger partial charge in [0.2, 0.25) is 0 Å². The SMILES string of the molecule is O=C([O-])c1cc(N[C@@H]2O[C@@H](CO)[C@@H](O[C@@H]3O[C@@H](CO)[C@@H](O)[C@@H](O)[C@H]3O)[C@@H](O)[C@@H]2O)cc(N(O)O)c1. The van der Waals surface area contributed by atoms with Crippen molar-refractivity contribution in [2.24, 2.45) is 0 Å². The van der Waals surface area contributed by atoms with Crippen LogP contribution in [-0.2, 0) is 14.2 Å². The van der Waals surface area contributed by atoms with Crippen LogP contribution < -0.4 is 15.6 Å². The zero-order valence-electron chi connectivity index (χ0n) is 17.9. The molecule has 2 aliphatic rings. The molecule has 35 heavy (non-hydrogen) atoms. The van der Waals surface area contributed by atoms with E-state index in [9.17, 15) is 56.1 Å². The fourth-order valence-corrected chi connectivity index (χ4v) is 3.80. The Bertz CT molecular complexity index is 870. The topological polar surface area (TPSA) is 265 Å². The number of nitrogens with one attached hydrogen (secondary N) is 1. The van der Waals surface area contributed by atoms with Crippen LogP contribution in [0.1, 0.15) is 10.4 Å². The summed E-state index contributed by atoms with van der Waals surface area (Å²) in [4.78, 5) is 11.2. The largest absolute Gasteiger partial charge is 0.545 e. The lowest BCUT2D eigenvalue weighted by Crippen LogP contribution is -2.65. The first-order chi connectivity index (χ1) is 16.5. The van der Waals surface area contributed by atoms with E-state index in [1.165, 1.54) is 0 Å². The van der Waals surface area contributed by atoms with E-state index in [1.807, 2.05) is 0 Å². The molecule has 1 aromatic carbocycles. The molecule has 0 amide bonds. The molecule has 2 fully saturated rings. The van der Waals surface area contributed by atoms with E-state index >= 15 is 0 Å². The van der Waals surface area contributed by atoms with Crippen LogP contribution in [0.15, 0.2) is 18.2 Å². The van der Waals surface area contributed by atoms with Gasteiger partial charge in [0.25, 0.3) is 0 Å². The molecule has 2 heterocycles. The van der Waals surface area contributed by atoms with Gasteiger partial charge in [-0.25, -0.2) is 0 Å². The number of rotatable bonds is 8. The van der Waals surface area contributed by atoms with Crippen LogP contribution >= 0.6 is 0 Å². The molecule has 0 spiro atoms. The van der Waals surface area contributed by atoms with Crippen LogP contribution in [0.5, 0.6) is 0 Å². The fraction of sp³-hybridized carbons (Fsp3) is 0.632. The number of hydrogen-bond donors (Lipinski definition) is 10. The molecule has 10 atom stereocenters. The Hall–Kier alpha value is -2.19. The van der Waals surface area contributed by atoms with Gasteiger partial charge in [-0.3, -0.25) is 10.4 Å². The fourth-order valence-electron chi connectivity index (χ4n) is 3.80. The highest BCUT2D eigenvalue weighted by atomic mass is 16.8. The first-order valence-electron chi connectivity index (χ1n) is 10.4. The number of ether oxygens (including phenoxy) is 3. The molecular weight excluding hydrogens is 480 g/mol. The first-order valence-corrected chi connectivity index (χ1v) is 10.4. The minimum Gasteiger partial charge on any atom is -0.545 e. The quantitative estimate of drug-likeness (QED) is 0.147. The second kappa shape index (κ2) is 11.2. The summed E-state index contributed by atoms with van der Waals surface area (Å²) in [5.41, 5.74) is -0.954. The summed E-state index contributed by atoms with van der Waals surface area (Å²) < 4.78 is 16.2. The third-order valence-electron chi connectivity index (χ3n) is 5.70. The van der Waals surface area contributed by atoms with Gasteiger partial charge in [-0.1, -0.05) is 0 Å². The van der Waals surface area contributed by atoms with Crippen LogP contribution in [0.25, 0.3) is 0 Å². The van der Waals surface area contributed by atoms with E-state index in [2.05, 4.69) is 5.32 Å². The van der Waals surface area contributed by atoms with Gasteiger partial charge in [-0.2, -0.15) is 0 Å². The minimum atomic E-state index is -1.82. The number of aromatic carboxylic acids is 1.